The summed E-state index contributed by atoms with van der Waals surface area (Å²) < 4.78 is 5.11. The van der Waals surface area contributed by atoms with Crippen molar-refractivity contribution < 1.29 is 14.5 Å². The molecule has 1 N–H and O–H groups in total. The van der Waals surface area contributed by atoms with Gasteiger partial charge in [-0.05, 0) is 41.5 Å². The van der Waals surface area contributed by atoms with Gasteiger partial charge in [-0.2, -0.15) is 5.26 Å². The second-order valence-corrected chi connectivity index (χ2v) is 5.05. The number of benzene rings is 2. The van der Waals surface area contributed by atoms with Gasteiger partial charge in [0.25, 0.3) is 11.6 Å². The van der Waals surface area contributed by atoms with E-state index in [1.165, 1.54) is 30.3 Å². The predicted octanol–water partition coefficient (Wildman–Crippen LogP) is 2.83. The quantitative estimate of drug-likeness (QED) is 0.378. The van der Waals surface area contributed by atoms with Crippen LogP contribution in [-0.2, 0) is 11.3 Å². The van der Waals surface area contributed by atoms with Crippen molar-refractivity contribution >= 4 is 17.7 Å². The summed E-state index contributed by atoms with van der Waals surface area (Å²) >= 11 is 0. The maximum absolute atomic E-state index is 12.1. The van der Waals surface area contributed by atoms with Gasteiger partial charge >= 0.3 is 0 Å². The zero-order valence-electron chi connectivity index (χ0n) is 13.4. The van der Waals surface area contributed by atoms with E-state index < -0.39 is 10.8 Å². The molecule has 1 amide bonds. The van der Waals surface area contributed by atoms with Crippen molar-refractivity contribution in [3.05, 3.63) is 75.3 Å². The molecule has 0 heterocycles. The Balaban J connectivity index is 2.07. The number of nitriles is 1. The molecule has 0 aliphatic carbocycles. The number of rotatable bonds is 6. The Kier molecular flexibility index (Phi) is 5.85. The standard InChI is InChI=1S/C18H15N3O4/c1-25-17-4-2-3-14(10-17)12-20-18(22)15(11-19)9-13-5-7-16(8-6-13)21(23)24/h2-10H,12H2,1H3,(H,20,22). The van der Waals surface area contributed by atoms with Gasteiger partial charge in [0.15, 0.2) is 0 Å². The number of amides is 1. The third kappa shape index (κ3) is 4.91. The van der Waals surface area contributed by atoms with E-state index in [2.05, 4.69) is 5.32 Å². The fourth-order valence-electron chi connectivity index (χ4n) is 2.07. The van der Waals surface area contributed by atoms with Crippen molar-refractivity contribution in [2.75, 3.05) is 7.11 Å². The van der Waals surface area contributed by atoms with Crippen LogP contribution in [0.2, 0.25) is 0 Å². The number of ether oxygens (including phenoxy) is 1. The van der Waals surface area contributed by atoms with Gasteiger partial charge in [0, 0.05) is 18.7 Å². The third-order valence-corrected chi connectivity index (χ3v) is 3.37. The van der Waals surface area contributed by atoms with Crippen molar-refractivity contribution in [2.24, 2.45) is 0 Å². The Labute approximate surface area is 144 Å². The van der Waals surface area contributed by atoms with Crippen LogP contribution in [0, 0.1) is 21.4 Å². The number of nitrogens with zero attached hydrogens (tertiary/aromatic N) is 2. The number of carbonyl (C=O) groups is 1. The predicted molar refractivity (Wildman–Crippen MR) is 91.5 cm³/mol. The van der Waals surface area contributed by atoms with E-state index in [9.17, 15) is 20.2 Å². The number of hydrogen-bond donors (Lipinski definition) is 1. The number of methoxy groups -OCH3 is 1. The van der Waals surface area contributed by atoms with E-state index in [1.807, 2.05) is 12.1 Å². The number of nitro groups is 1. The lowest BCUT2D eigenvalue weighted by atomic mass is 10.1. The van der Waals surface area contributed by atoms with Crippen molar-refractivity contribution in [1.29, 1.82) is 5.26 Å². The fraction of sp³-hybridized carbons (Fsp3) is 0.111. The first-order valence-electron chi connectivity index (χ1n) is 7.31. The lowest BCUT2D eigenvalue weighted by molar-refractivity contribution is -0.384. The van der Waals surface area contributed by atoms with Gasteiger partial charge in [-0.25, -0.2) is 0 Å². The Morgan fingerprint density at radius 2 is 2.04 bits per heavy atom. The molecule has 0 fully saturated rings. The molecule has 0 radical (unpaired) electrons. The first-order valence-corrected chi connectivity index (χ1v) is 7.31. The third-order valence-electron chi connectivity index (χ3n) is 3.37. The molecule has 2 aromatic carbocycles. The molecular formula is C18H15N3O4. The van der Waals surface area contributed by atoms with E-state index in [0.717, 1.165) is 5.56 Å². The highest BCUT2D eigenvalue weighted by atomic mass is 16.6. The number of nitro benzene ring substituents is 1. The molecule has 0 saturated carbocycles. The van der Waals surface area contributed by atoms with E-state index in [4.69, 9.17) is 4.74 Å². The van der Waals surface area contributed by atoms with Gasteiger partial charge in [0.05, 0.1) is 12.0 Å². The Hall–Kier alpha value is -3.66. The molecular weight excluding hydrogens is 322 g/mol. The fourth-order valence-corrected chi connectivity index (χ4v) is 2.07. The molecule has 0 aliphatic rings. The topological polar surface area (TPSA) is 105 Å². The second kappa shape index (κ2) is 8.26. The first kappa shape index (κ1) is 17.7. The molecule has 126 valence electrons. The van der Waals surface area contributed by atoms with Gasteiger partial charge in [-0.3, -0.25) is 14.9 Å². The summed E-state index contributed by atoms with van der Waals surface area (Å²) in [4.78, 5) is 22.3. The number of nitrogens with one attached hydrogen (secondary N) is 1. The van der Waals surface area contributed by atoms with E-state index >= 15 is 0 Å². The number of non-ortho nitro benzene ring substituents is 1. The van der Waals surface area contributed by atoms with Crippen LogP contribution in [-0.4, -0.2) is 17.9 Å². The van der Waals surface area contributed by atoms with Crippen molar-refractivity contribution in [2.45, 2.75) is 6.54 Å². The van der Waals surface area contributed by atoms with Gasteiger partial charge in [0.1, 0.15) is 17.4 Å². The summed E-state index contributed by atoms with van der Waals surface area (Å²) in [5, 5.41) is 22.5. The zero-order chi connectivity index (χ0) is 18.2. The van der Waals surface area contributed by atoms with Gasteiger partial charge in [-0.15, -0.1) is 0 Å². The highest BCUT2D eigenvalue weighted by Gasteiger charge is 2.10. The highest BCUT2D eigenvalue weighted by molar-refractivity contribution is 6.01. The number of hydrogen-bond acceptors (Lipinski definition) is 5. The average Bonchev–Trinajstić information content (AvgIpc) is 2.64. The largest absolute Gasteiger partial charge is 0.497 e. The Morgan fingerprint density at radius 3 is 2.64 bits per heavy atom. The molecule has 25 heavy (non-hydrogen) atoms. The maximum atomic E-state index is 12.1. The Morgan fingerprint density at radius 1 is 1.32 bits per heavy atom. The van der Waals surface area contributed by atoms with Crippen LogP contribution in [0.5, 0.6) is 5.75 Å². The van der Waals surface area contributed by atoms with Crippen LogP contribution in [0.25, 0.3) is 6.08 Å². The molecule has 0 unspecified atom stereocenters. The molecule has 0 aliphatic heterocycles. The molecule has 0 atom stereocenters. The molecule has 2 aromatic rings. The lowest BCUT2D eigenvalue weighted by Crippen LogP contribution is -2.23. The minimum atomic E-state index is -0.524. The van der Waals surface area contributed by atoms with Gasteiger partial charge < -0.3 is 10.1 Å². The van der Waals surface area contributed by atoms with E-state index in [1.54, 1.807) is 25.3 Å². The highest BCUT2D eigenvalue weighted by Crippen LogP contribution is 2.15. The van der Waals surface area contributed by atoms with Crippen LogP contribution >= 0.6 is 0 Å². The molecule has 0 bridgehead atoms. The number of carbonyl (C=O) groups excluding carboxylic acids is 1. The lowest BCUT2D eigenvalue weighted by Gasteiger charge is -2.06. The average molecular weight is 337 g/mol. The van der Waals surface area contributed by atoms with E-state index in [-0.39, 0.29) is 17.8 Å². The summed E-state index contributed by atoms with van der Waals surface area (Å²) in [6.45, 7) is 0.245. The Bertz CT molecular complexity index is 851. The summed E-state index contributed by atoms with van der Waals surface area (Å²) in [6.07, 6.45) is 1.38. The van der Waals surface area contributed by atoms with Crippen LogP contribution in [0.15, 0.2) is 54.1 Å². The van der Waals surface area contributed by atoms with Crippen LogP contribution in [0.3, 0.4) is 0 Å². The van der Waals surface area contributed by atoms with Gasteiger partial charge in [-0.1, -0.05) is 12.1 Å². The van der Waals surface area contributed by atoms with Crippen LogP contribution < -0.4 is 10.1 Å². The van der Waals surface area contributed by atoms with Crippen molar-refractivity contribution in [1.82, 2.24) is 5.32 Å². The molecule has 0 spiro atoms. The normalized spacial score (nSPS) is 10.6. The van der Waals surface area contributed by atoms with E-state index in [0.29, 0.717) is 11.3 Å². The monoisotopic (exact) mass is 337 g/mol. The molecule has 0 aromatic heterocycles. The zero-order valence-corrected chi connectivity index (χ0v) is 13.4. The summed E-state index contributed by atoms with van der Waals surface area (Å²) in [5.41, 5.74) is 1.22. The molecule has 7 heteroatoms. The van der Waals surface area contributed by atoms with Crippen LogP contribution in [0.1, 0.15) is 11.1 Å². The smallest absolute Gasteiger partial charge is 0.269 e. The minimum absolute atomic E-state index is 0.0573. The van der Waals surface area contributed by atoms with Gasteiger partial charge in [0.2, 0.25) is 0 Å². The first-order chi connectivity index (χ1) is 12.0. The molecule has 2 rings (SSSR count). The van der Waals surface area contributed by atoms with Crippen molar-refractivity contribution in [3.63, 3.8) is 0 Å². The second-order valence-electron chi connectivity index (χ2n) is 5.05. The van der Waals surface area contributed by atoms with Crippen LogP contribution in [0.4, 0.5) is 5.69 Å². The summed E-state index contributed by atoms with van der Waals surface area (Å²) in [7, 11) is 1.55. The summed E-state index contributed by atoms with van der Waals surface area (Å²) in [5.74, 6) is 0.150. The SMILES string of the molecule is COc1cccc(CNC(=O)C(C#N)=Cc2ccc([N+](=O)[O-])cc2)c1. The maximum Gasteiger partial charge on any atom is 0.269 e. The van der Waals surface area contributed by atoms with Crippen molar-refractivity contribution in [3.8, 4) is 11.8 Å². The molecule has 0 saturated heterocycles. The minimum Gasteiger partial charge on any atom is -0.497 e. The molecule has 7 nitrogen and oxygen atoms in total. The summed E-state index contributed by atoms with van der Waals surface area (Å²) in [6, 6.07) is 14.6.